The average Bonchev–Trinajstić information content (AvgIpc) is 2.35. The summed E-state index contributed by atoms with van der Waals surface area (Å²) in [6.45, 7) is 5.82. The highest BCUT2D eigenvalue weighted by atomic mass is 79.9. The van der Waals surface area contributed by atoms with E-state index in [1.54, 1.807) is 13.1 Å². The lowest BCUT2D eigenvalue weighted by molar-refractivity contribution is 0.251. The first kappa shape index (κ1) is 15.2. The molecule has 102 valence electrons. The van der Waals surface area contributed by atoms with Gasteiger partial charge in [-0.15, -0.1) is 6.58 Å². The van der Waals surface area contributed by atoms with Gasteiger partial charge in [-0.1, -0.05) is 18.2 Å². The van der Waals surface area contributed by atoms with E-state index in [1.165, 1.54) is 4.90 Å². The lowest BCUT2D eigenvalue weighted by atomic mass is 10.2. The van der Waals surface area contributed by atoms with Crippen molar-refractivity contribution >= 4 is 33.6 Å². The van der Waals surface area contributed by atoms with Crippen LogP contribution in [0, 0.1) is 6.92 Å². The van der Waals surface area contributed by atoms with Crippen LogP contribution in [0.25, 0.3) is 0 Å². The van der Waals surface area contributed by atoms with Gasteiger partial charge in [-0.05, 0) is 34.5 Å². The third kappa shape index (κ3) is 4.10. The van der Waals surface area contributed by atoms with Crippen LogP contribution in [0.1, 0.15) is 5.56 Å². The molecule has 19 heavy (non-hydrogen) atoms. The Morgan fingerprint density at radius 3 is 2.89 bits per heavy atom. The van der Waals surface area contributed by atoms with Crippen molar-refractivity contribution in [2.75, 3.05) is 18.5 Å². The van der Waals surface area contributed by atoms with Gasteiger partial charge in [0.1, 0.15) is 0 Å². The fourth-order valence-corrected chi connectivity index (χ4v) is 2.28. The number of hydrogen-bond acceptors (Lipinski definition) is 2. The largest absolute Gasteiger partial charge is 0.370 e. The Bertz CT molecular complexity index is 493. The molecular weight excluding hydrogens is 308 g/mol. The molecule has 0 aliphatic heterocycles. The zero-order valence-corrected chi connectivity index (χ0v) is 12.6. The summed E-state index contributed by atoms with van der Waals surface area (Å²) in [7, 11) is 1.67. The Morgan fingerprint density at radius 1 is 1.63 bits per heavy atom. The number of nitrogens with two attached hydrogens (primary N) is 1. The number of guanidine groups is 1. The normalized spacial score (nSPS) is 11.0. The number of urea groups is 1. The maximum atomic E-state index is 12.0. The van der Waals surface area contributed by atoms with Crippen LogP contribution >= 0.6 is 15.9 Å². The topological polar surface area (TPSA) is 70.7 Å². The smallest absolute Gasteiger partial charge is 0.328 e. The summed E-state index contributed by atoms with van der Waals surface area (Å²) in [6, 6.07) is 5.37. The highest BCUT2D eigenvalue weighted by molar-refractivity contribution is 9.10. The zero-order chi connectivity index (χ0) is 14.4. The Hall–Kier alpha value is -1.82. The standard InChI is InChI=1S/C13H17BrN4O/c1-4-8-16-12(15)17-13(19)18(3)11-9(2)6-5-7-10(11)14/h4-7H,1,8H2,2-3H3,(H3,15,16,17,19). The number of para-hydroxylation sites is 1. The minimum Gasteiger partial charge on any atom is -0.370 e. The van der Waals surface area contributed by atoms with Crippen LogP contribution in [-0.4, -0.2) is 25.6 Å². The Labute approximate surface area is 121 Å². The summed E-state index contributed by atoms with van der Waals surface area (Å²) in [5, 5.41) is 2.51. The van der Waals surface area contributed by atoms with Gasteiger partial charge >= 0.3 is 6.03 Å². The maximum absolute atomic E-state index is 12.0. The Balaban J connectivity index is 2.86. The van der Waals surface area contributed by atoms with E-state index < -0.39 is 0 Å². The molecule has 0 atom stereocenters. The third-order valence-corrected chi connectivity index (χ3v) is 3.09. The van der Waals surface area contributed by atoms with Crippen molar-refractivity contribution in [1.82, 2.24) is 5.32 Å². The molecule has 0 aliphatic rings. The summed E-state index contributed by atoms with van der Waals surface area (Å²) < 4.78 is 0.840. The van der Waals surface area contributed by atoms with Crippen molar-refractivity contribution in [3.8, 4) is 0 Å². The maximum Gasteiger partial charge on any atom is 0.328 e. The molecule has 5 nitrogen and oxygen atoms in total. The number of nitrogens with zero attached hydrogens (tertiary/aromatic N) is 2. The molecule has 0 saturated carbocycles. The molecular formula is C13H17BrN4O. The van der Waals surface area contributed by atoms with Gasteiger partial charge in [0.15, 0.2) is 5.96 Å². The van der Waals surface area contributed by atoms with E-state index in [4.69, 9.17) is 5.73 Å². The molecule has 0 spiro atoms. The van der Waals surface area contributed by atoms with Crippen LogP contribution in [0.4, 0.5) is 10.5 Å². The minimum atomic E-state index is -0.347. The van der Waals surface area contributed by atoms with Gasteiger partial charge in [-0.25, -0.2) is 9.79 Å². The van der Waals surface area contributed by atoms with E-state index in [1.807, 2.05) is 25.1 Å². The van der Waals surface area contributed by atoms with E-state index >= 15 is 0 Å². The first-order chi connectivity index (χ1) is 8.97. The van der Waals surface area contributed by atoms with Gasteiger partial charge in [-0.3, -0.25) is 10.2 Å². The predicted octanol–water partition coefficient (Wildman–Crippen LogP) is 2.40. The molecule has 3 N–H and O–H groups in total. The van der Waals surface area contributed by atoms with Crippen molar-refractivity contribution in [1.29, 1.82) is 0 Å². The number of rotatable bonds is 3. The molecule has 0 aliphatic carbocycles. The fourth-order valence-electron chi connectivity index (χ4n) is 1.55. The molecule has 6 heteroatoms. The van der Waals surface area contributed by atoms with Crippen LogP contribution in [0.15, 0.2) is 40.3 Å². The molecule has 2 amide bonds. The Morgan fingerprint density at radius 2 is 2.32 bits per heavy atom. The van der Waals surface area contributed by atoms with E-state index in [0.29, 0.717) is 6.54 Å². The quantitative estimate of drug-likeness (QED) is 0.509. The monoisotopic (exact) mass is 324 g/mol. The number of amides is 2. The molecule has 1 aromatic rings. The van der Waals surface area contributed by atoms with E-state index in [-0.39, 0.29) is 12.0 Å². The van der Waals surface area contributed by atoms with Crippen molar-refractivity contribution in [3.05, 3.63) is 40.9 Å². The van der Waals surface area contributed by atoms with Gasteiger partial charge in [0.05, 0.1) is 12.2 Å². The molecule has 0 aromatic heterocycles. The van der Waals surface area contributed by atoms with Crippen LogP contribution in [0.2, 0.25) is 0 Å². The van der Waals surface area contributed by atoms with Gasteiger partial charge in [0.2, 0.25) is 0 Å². The van der Waals surface area contributed by atoms with Crippen molar-refractivity contribution in [2.24, 2.45) is 10.7 Å². The summed E-state index contributed by atoms with van der Waals surface area (Å²) in [5.41, 5.74) is 7.35. The second-order valence-corrected chi connectivity index (χ2v) is 4.76. The van der Waals surface area contributed by atoms with E-state index in [0.717, 1.165) is 15.7 Å². The van der Waals surface area contributed by atoms with Crippen molar-refractivity contribution in [2.45, 2.75) is 6.92 Å². The van der Waals surface area contributed by atoms with Gasteiger partial charge in [0.25, 0.3) is 0 Å². The van der Waals surface area contributed by atoms with E-state index in [9.17, 15) is 4.79 Å². The average molecular weight is 325 g/mol. The van der Waals surface area contributed by atoms with Crippen molar-refractivity contribution in [3.63, 3.8) is 0 Å². The lowest BCUT2D eigenvalue weighted by Crippen LogP contribution is -2.44. The third-order valence-electron chi connectivity index (χ3n) is 2.45. The molecule has 0 fully saturated rings. The number of carbonyl (C=O) groups excluding carboxylic acids is 1. The number of carbonyl (C=O) groups is 1. The molecule has 0 bridgehead atoms. The SMILES string of the molecule is C=CCN=C(N)NC(=O)N(C)c1c(C)cccc1Br. The number of hydrogen-bond donors (Lipinski definition) is 2. The first-order valence-electron chi connectivity index (χ1n) is 5.68. The second-order valence-electron chi connectivity index (χ2n) is 3.91. The summed E-state index contributed by atoms with van der Waals surface area (Å²) in [4.78, 5) is 17.4. The number of aryl methyl sites for hydroxylation is 1. The zero-order valence-electron chi connectivity index (χ0n) is 11.0. The number of nitrogens with one attached hydrogen (secondary N) is 1. The second kappa shape index (κ2) is 6.94. The Kier molecular flexibility index (Phi) is 5.57. The number of aliphatic imine (C=N–C) groups is 1. The number of halogens is 1. The molecule has 1 rings (SSSR count). The summed E-state index contributed by atoms with van der Waals surface area (Å²) in [6.07, 6.45) is 1.60. The molecule has 0 heterocycles. The number of benzene rings is 1. The molecule has 0 radical (unpaired) electrons. The van der Waals surface area contributed by atoms with E-state index in [2.05, 4.69) is 32.8 Å². The van der Waals surface area contributed by atoms with Crippen LogP contribution in [0.3, 0.4) is 0 Å². The number of anilines is 1. The van der Waals surface area contributed by atoms with Crippen LogP contribution < -0.4 is 16.0 Å². The molecule has 0 unspecified atom stereocenters. The first-order valence-corrected chi connectivity index (χ1v) is 6.47. The lowest BCUT2D eigenvalue weighted by Gasteiger charge is -2.21. The van der Waals surface area contributed by atoms with Gasteiger partial charge in [-0.2, -0.15) is 0 Å². The highest BCUT2D eigenvalue weighted by Crippen LogP contribution is 2.28. The molecule has 1 aromatic carbocycles. The minimum absolute atomic E-state index is 0.0708. The van der Waals surface area contributed by atoms with Crippen LogP contribution in [0.5, 0.6) is 0 Å². The highest BCUT2D eigenvalue weighted by Gasteiger charge is 2.16. The summed E-state index contributed by atoms with van der Waals surface area (Å²) in [5.74, 6) is 0.0708. The van der Waals surface area contributed by atoms with Gasteiger partial charge < -0.3 is 5.73 Å². The summed E-state index contributed by atoms with van der Waals surface area (Å²) >= 11 is 3.43. The van der Waals surface area contributed by atoms with Crippen LogP contribution in [-0.2, 0) is 0 Å². The predicted molar refractivity (Wildman–Crippen MR) is 82.5 cm³/mol. The fraction of sp³-hybridized carbons (Fsp3) is 0.231. The van der Waals surface area contributed by atoms with Gasteiger partial charge in [0, 0.05) is 11.5 Å². The molecule has 0 saturated heterocycles. The van der Waals surface area contributed by atoms with Crippen molar-refractivity contribution < 1.29 is 4.79 Å².